The van der Waals surface area contributed by atoms with E-state index in [4.69, 9.17) is 5.73 Å². The van der Waals surface area contributed by atoms with Crippen molar-refractivity contribution in [3.63, 3.8) is 0 Å². The molecule has 21 heavy (non-hydrogen) atoms. The Bertz CT molecular complexity index is 619. The van der Waals surface area contributed by atoms with Crippen molar-refractivity contribution in [3.05, 3.63) is 59.9 Å². The maximum Gasteiger partial charge on any atom is 0.230 e. The van der Waals surface area contributed by atoms with Crippen molar-refractivity contribution in [1.29, 1.82) is 0 Å². The smallest absolute Gasteiger partial charge is 0.230 e. The molecule has 0 bridgehead atoms. The molecule has 2 aromatic carbocycles. The zero-order chi connectivity index (χ0) is 15.2. The molecule has 1 unspecified atom stereocenters. The van der Waals surface area contributed by atoms with Crippen LogP contribution in [-0.2, 0) is 4.79 Å². The second-order valence-corrected chi connectivity index (χ2v) is 5.70. The fourth-order valence-corrected chi connectivity index (χ4v) is 2.62. The summed E-state index contributed by atoms with van der Waals surface area (Å²) in [6.45, 7) is 1.92. The lowest BCUT2D eigenvalue weighted by Crippen LogP contribution is -2.28. The summed E-state index contributed by atoms with van der Waals surface area (Å²) in [4.78, 5) is 12.3. The zero-order valence-corrected chi connectivity index (χ0v) is 12.5. The predicted molar refractivity (Wildman–Crippen MR) is 84.5 cm³/mol. The summed E-state index contributed by atoms with van der Waals surface area (Å²) in [7, 11) is 0. The fraction of sp³-hybridized carbons (Fsp3) is 0.188. The van der Waals surface area contributed by atoms with E-state index >= 15 is 0 Å². The van der Waals surface area contributed by atoms with E-state index < -0.39 is 5.82 Å². The number of hydrogen-bond acceptors (Lipinski definition) is 3. The normalized spacial score (nSPS) is 11.9. The molecular weight excluding hydrogens is 287 g/mol. The van der Waals surface area contributed by atoms with Crippen LogP contribution in [0.1, 0.15) is 18.5 Å². The lowest BCUT2D eigenvalue weighted by molar-refractivity contribution is -0.119. The van der Waals surface area contributed by atoms with Crippen LogP contribution in [0, 0.1) is 5.82 Å². The first kappa shape index (κ1) is 15.4. The van der Waals surface area contributed by atoms with E-state index in [1.54, 1.807) is 12.1 Å². The summed E-state index contributed by atoms with van der Waals surface area (Å²) >= 11 is 1.16. The van der Waals surface area contributed by atoms with Crippen molar-refractivity contribution in [2.75, 3.05) is 11.5 Å². The van der Waals surface area contributed by atoms with E-state index in [2.05, 4.69) is 5.32 Å². The summed E-state index contributed by atoms with van der Waals surface area (Å²) in [5.74, 6) is -0.366. The molecule has 0 radical (unpaired) electrons. The number of carbonyl (C=O) groups is 1. The second kappa shape index (κ2) is 7.13. The van der Waals surface area contributed by atoms with E-state index in [1.807, 2.05) is 37.3 Å². The van der Waals surface area contributed by atoms with Gasteiger partial charge in [-0.3, -0.25) is 4.79 Å². The van der Waals surface area contributed by atoms with Crippen LogP contribution >= 0.6 is 11.8 Å². The molecule has 0 aromatic heterocycles. The summed E-state index contributed by atoms with van der Waals surface area (Å²) in [6, 6.07) is 14.1. The third-order valence-corrected chi connectivity index (χ3v) is 4.04. The van der Waals surface area contributed by atoms with Gasteiger partial charge in [-0.1, -0.05) is 30.3 Å². The molecule has 0 heterocycles. The van der Waals surface area contributed by atoms with Gasteiger partial charge in [0.1, 0.15) is 5.82 Å². The van der Waals surface area contributed by atoms with E-state index in [1.165, 1.54) is 6.07 Å². The number of carbonyl (C=O) groups excluding carboxylic acids is 1. The fourth-order valence-electron chi connectivity index (χ4n) is 1.89. The highest BCUT2D eigenvalue weighted by molar-refractivity contribution is 8.00. The van der Waals surface area contributed by atoms with Crippen LogP contribution in [0.2, 0.25) is 0 Å². The van der Waals surface area contributed by atoms with Gasteiger partial charge in [-0.05, 0) is 30.7 Å². The summed E-state index contributed by atoms with van der Waals surface area (Å²) < 4.78 is 13.6. The minimum Gasteiger partial charge on any atom is -0.399 e. The van der Waals surface area contributed by atoms with E-state index in [-0.39, 0.29) is 17.7 Å². The third-order valence-electron chi connectivity index (χ3n) is 2.99. The van der Waals surface area contributed by atoms with E-state index in [9.17, 15) is 9.18 Å². The topological polar surface area (TPSA) is 55.1 Å². The predicted octanol–water partition coefficient (Wildman–Crippen LogP) is 3.38. The van der Waals surface area contributed by atoms with Crippen LogP contribution in [0.25, 0.3) is 0 Å². The molecular formula is C16H17FN2OS. The highest BCUT2D eigenvalue weighted by atomic mass is 32.2. The molecule has 2 aromatic rings. The second-order valence-electron chi connectivity index (χ2n) is 4.68. The highest BCUT2D eigenvalue weighted by Crippen LogP contribution is 2.23. The van der Waals surface area contributed by atoms with Crippen molar-refractivity contribution < 1.29 is 9.18 Å². The summed E-state index contributed by atoms with van der Waals surface area (Å²) in [6.07, 6.45) is 0. The van der Waals surface area contributed by atoms with Crippen LogP contribution < -0.4 is 11.1 Å². The molecule has 0 spiro atoms. The van der Waals surface area contributed by atoms with E-state index in [0.717, 1.165) is 17.3 Å². The molecule has 3 nitrogen and oxygen atoms in total. The molecule has 0 saturated carbocycles. The van der Waals surface area contributed by atoms with Crippen molar-refractivity contribution in [1.82, 2.24) is 5.32 Å². The van der Waals surface area contributed by atoms with Crippen molar-refractivity contribution in [2.24, 2.45) is 0 Å². The number of hydrogen-bond donors (Lipinski definition) is 2. The largest absolute Gasteiger partial charge is 0.399 e. The molecule has 0 aliphatic rings. The van der Waals surface area contributed by atoms with Crippen LogP contribution in [0.15, 0.2) is 53.4 Å². The zero-order valence-electron chi connectivity index (χ0n) is 11.7. The summed E-state index contributed by atoms with van der Waals surface area (Å²) in [5, 5.41) is 2.89. The molecule has 1 atom stereocenters. The first-order valence-electron chi connectivity index (χ1n) is 6.58. The molecule has 2 rings (SSSR count). The SMILES string of the molecule is CC(NC(=O)CSc1ccc(N)cc1F)c1ccccc1. The number of amides is 1. The van der Waals surface area contributed by atoms with Crippen LogP contribution in [-0.4, -0.2) is 11.7 Å². The Labute approximate surface area is 127 Å². The first-order chi connectivity index (χ1) is 10.1. The van der Waals surface area contributed by atoms with Crippen molar-refractivity contribution >= 4 is 23.4 Å². The van der Waals surface area contributed by atoms with Gasteiger partial charge < -0.3 is 11.1 Å². The number of rotatable bonds is 5. The minimum absolute atomic E-state index is 0.0736. The lowest BCUT2D eigenvalue weighted by atomic mass is 10.1. The summed E-state index contributed by atoms with van der Waals surface area (Å²) in [5.41, 5.74) is 6.90. The van der Waals surface area contributed by atoms with Gasteiger partial charge in [-0.15, -0.1) is 11.8 Å². The quantitative estimate of drug-likeness (QED) is 0.658. The number of halogens is 1. The van der Waals surface area contributed by atoms with Gasteiger partial charge in [-0.2, -0.15) is 0 Å². The molecule has 1 amide bonds. The number of thioether (sulfide) groups is 1. The number of nitrogens with one attached hydrogen (secondary N) is 1. The van der Waals surface area contributed by atoms with Gasteiger partial charge in [0, 0.05) is 10.6 Å². The maximum absolute atomic E-state index is 13.6. The molecule has 3 N–H and O–H groups in total. The van der Waals surface area contributed by atoms with Gasteiger partial charge in [0.05, 0.1) is 11.8 Å². The highest BCUT2D eigenvalue weighted by Gasteiger charge is 2.11. The van der Waals surface area contributed by atoms with E-state index in [0.29, 0.717) is 10.6 Å². The van der Waals surface area contributed by atoms with Crippen molar-refractivity contribution in [2.45, 2.75) is 17.9 Å². The van der Waals surface area contributed by atoms with Gasteiger partial charge in [0.25, 0.3) is 0 Å². The Morgan fingerprint density at radius 3 is 2.67 bits per heavy atom. The standard InChI is InChI=1S/C16H17FN2OS/c1-11(12-5-3-2-4-6-12)19-16(20)10-21-15-8-7-13(18)9-14(15)17/h2-9,11H,10,18H2,1H3,(H,19,20). The number of nitrogen functional groups attached to an aromatic ring is 1. The minimum atomic E-state index is -0.399. The number of anilines is 1. The monoisotopic (exact) mass is 304 g/mol. The Morgan fingerprint density at radius 2 is 2.00 bits per heavy atom. The van der Waals surface area contributed by atoms with Gasteiger partial charge in [-0.25, -0.2) is 4.39 Å². The lowest BCUT2D eigenvalue weighted by Gasteiger charge is -2.14. The Hall–Kier alpha value is -2.01. The molecule has 110 valence electrons. The average molecular weight is 304 g/mol. The Morgan fingerprint density at radius 1 is 1.29 bits per heavy atom. The molecule has 0 aliphatic carbocycles. The molecule has 0 saturated heterocycles. The molecule has 0 aliphatic heterocycles. The average Bonchev–Trinajstić information content (AvgIpc) is 2.47. The van der Waals surface area contributed by atoms with Gasteiger partial charge >= 0.3 is 0 Å². The van der Waals surface area contributed by atoms with Crippen LogP contribution in [0.5, 0.6) is 0 Å². The molecule has 0 fully saturated rings. The maximum atomic E-state index is 13.6. The van der Waals surface area contributed by atoms with Crippen molar-refractivity contribution in [3.8, 4) is 0 Å². The molecule has 5 heteroatoms. The first-order valence-corrected chi connectivity index (χ1v) is 7.57. The Kier molecular flexibility index (Phi) is 5.22. The number of benzene rings is 2. The van der Waals surface area contributed by atoms with Gasteiger partial charge in [0.2, 0.25) is 5.91 Å². The van der Waals surface area contributed by atoms with Gasteiger partial charge in [0.15, 0.2) is 0 Å². The van der Waals surface area contributed by atoms with Crippen LogP contribution in [0.3, 0.4) is 0 Å². The number of nitrogens with two attached hydrogens (primary N) is 1. The van der Waals surface area contributed by atoms with Crippen LogP contribution in [0.4, 0.5) is 10.1 Å². The third kappa shape index (κ3) is 4.49. The Balaban J connectivity index is 1.87.